The highest BCUT2D eigenvalue weighted by molar-refractivity contribution is 6.05. The van der Waals surface area contributed by atoms with Crippen molar-refractivity contribution >= 4 is 23.1 Å². The molecule has 0 aliphatic carbocycles. The van der Waals surface area contributed by atoms with Crippen LogP contribution in [0.5, 0.6) is 5.75 Å². The first-order valence-corrected chi connectivity index (χ1v) is 10.7. The Morgan fingerprint density at radius 1 is 1.15 bits per heavy atom. The molecule has 0 aliphatic heterocycles. The third-order valence-electron chi connectivity index (χ3n) is 5.57. The van der Waals surface area contributed by atoms with E-state index in [0.717, 1.165) is 22.6 Å². The molecule has 0 bridgehead atoms. The SMILES string of the molecule is Cc1c(C(=O)Nc2cccc(O)c2)nn2c(-c3cn[nH]c3)cc(N(C)Cc3ccccc3)nc12. The van der Waals surface area contributed by atoms with Gasteiger partial charge in [-0.25, -0.2) is 9.50 Å². The second-order valence-electron chi connectivity index (χ2n) is 8.04. The van der Waals surface area contributed by atoms with Crippen LogP contribution in [0.1, 0.15) is 21.6 Å². The topological polar surface area (TPSA) is 111 Å². The van der Waals surface area contributed by atoms with Crippen LogP contribution in [0.4, 0.5) is 11.5 Å². The minimum Gasteiger partial charge on any atom is -0.508 e. The van der Waals surface area contributed by atoms with Gasteiger partial charge in [0.05, 0.1) is 11.9 Å². The van der Waals surface area contributed by atoms with Crippen LogP contribution >= 0.6 is 0 Å². The number of aryl methyl sites for hydroxylation is 1. The van der Waals surface area contributed by atoms with E-state index in [1.807, 2.05) is 38.2 Å². The van der Waals surface area contributed by atoms with E-state index >= 15 is 0 Å². The number of hydrogen-bond donors (Lipinski definition) is 3. The summed E-state index contributed by atoms with van der Waals surface area (Å²) in [7, 11) is 1.98. The molecule has 3 N–H and O–H groups in total. The first kappa shape index (κ1) is 21.2. The summed E-state index contributed by atoms with van der Waals surface area (Å²) in [5.74, 6) is 0.431. The Kier molecular flexibility index (Phi) is 5.43. The molecular weight excluding hydrogens is 430 g/mol. The van der Waals surface area contributed by atoms with Gasteiger partial charge in [-0.3, -0.25) is 9.89 Å². The number of rotatable bonds is 6. The number of hydrogen-bond acceptors (Lipinski definition) is 6. The maximum Gasteiger partial charge on any atom is 0.276 e. The van der Waals surface area contributed by atoms with Gasteiger partial charge < -0.3 is 15.3 Å². The summed E-state index contributed by atoms with van der Waals surface area (Å²) in [4.78, 5) is 19.9. The van der Waals surface area contributed by atoms with Crippen LogP contribution in [-0.4, -0.2) is 42.9 Å². The van der Waals surface area contributed by atoms with Gasteiger partial charge in [0.15, 0.2) is 11.3 Å². The van der Waals surface area contributed by atoms with Crippen LogP contribution in [0.2, 0.25) is 0 Å². The molecule has 3 aromatic heterocycles. The molecule has 0 spiro atoms. The molecule has 34 heavy (non-hydrogen) atoms. The van der Waals surface area contributed by atoms with Crippen molar-refractivity contribution in [1.29, 1.82) is 0 Å². The normalized spacial score (nSPS) is 11.0. The van der Waals surface area contributed by atoms with Crippen LogP contribution in [0.15, 0.2) is 73.1 Å². The van der Waals surface area contributed by atoms with E-state index in [1.165, 1.54) is 6.07 Å². The monoisotopic (exact) mass is 453 g/mol. The number of fused-ring (bicyclic) bond motifs is 1. The van der Waals surface area contributed by atoms with Crippen LogP contribution < -0.4 is 10.2 Å². The number of phenols is 1. The zero-order valence-electron chi connectivity index (χ0n) is 18.7. The molecule has 9 nitrogen and oxygen atoms in total. The molecular formula is C25H23N7O2. The molecule has 0 atom stereocenters. The van der Waals surface area contributed by atoms with Crippen molar-refractivity contribution < 1.29 is 9.90 Å². The van der Waals surface area contributed by atoms with Crippen molar-refractivity contribution in [3.63, 3.8) is 0 Å². The minimum absolute atomic E-state index is 0.0690. The van der Waals surface area contributed by atoms with E-state index in [2.05, 4.69) is 37.6 Å². The molecule has 5 aromatic rings. The smallest absolute Gasteiger partial charge is 0.276 e. The van der Waals surface area contributed by atoms with Crippen molar-refractivity contribution in [3.05, 3.63) is 89.9 Å². The van der Waals surface area contributed by atoms with Gasteiger partial charge in [-0.05, 0) is 24.6 Å². The molecule has 0 saturated carbocycles. The quantitative estimate of drug-likeness (QED) is 0.358. The Morgan fingerprint density at radius 3 is 2.71 bits per heavy atom. The van der Waals surface area contributed by atoms with Crippen molar-refractivity contribution in [2.45, 2.75) is 13.5 Å². The van der Waals surface area contributed by atoms with Gasteiger partial charge in [0.2, 0.25) is 0 Å². The fourth-order valence-electron chi connectivity index (χ4n) is 3.83. The molecule has 0 fully saturated rings. The Balaban J connectivity index is 1.57. The van der Waals surface area contributed by atoms with Crippen molar-refractivity contribution in [2.75, 3.05) is 17.3 Å². The number of phenolic OH excluding ortho intramolecular Hbond substituents is 1. The number of nitrogens with zero attached hydrogens (tertiary/aromatic N) is 5. The lowest BCUT2D eigenvalue weighted by Gasteiger charge is -2.19. The fraction of sp³-hybridized carbons (Fsp3) is 0.120. The maximum atomic E-state index is 13.0. The van der Waals surface area contributed by atoms with Crippen LogP contribution in [-0.2, 0) is 6.54 Å². The van der Waals surface area contributed by atoms with Crippen LogP contribution in [0.3, 0.4) is 0 Å². The first-order chi connectivity index (χ1) is 16.5. The molecule has 0 saturated heterocycles. The average Bonchev–Trinajstić information content (AvgIpc) is 3.48. The predicted molar refractivity (Wildman–Crippen MR) is 130 cm³/mol. The predicted octanol–water partition coefficient (Wildman–Crippen LogP) is 4.02. The number of benzene rings is 2. The minimum atomic E-state index is -0.383. The Bertz CT molecular complexity index is 1460. The molecule has 3 heterocycles. The van der Waals surface area contributed by atoms with E-state index in [0.29, 0.717) is 23.4 Å². The molecule has 2 aromatic carbocycles. The Hall–Kier alpha value is -4.66. The van der Waals surface area contributed by atoms with Crippen molar-refractivity contribution in [2.24, 2.45) is 0 Å². The third-order valence-corrected chi connectivity index (χ3v) is 5.57. The number of aromatic amines is 1. The summed E-state index contributed by atoms with van der Waals surface area (Å²) < 4.78 is 1.66. The molecule has 0 aliphatic rings. The summed E-state index contributed by atoms with van der Waals surface area (Å²) in [6.07, 6.45) is 3.48. The van der Waals surface area contributed by atoms with E-state index in [-0.39, 0.29) is 17.4 Å². The summed E-state index contributed by atoms with van der Waals surface area (Å²) in [5.41, 5.74) is 4.70. The number of aromatic hydroxyl groups is 1. The van der Waals surface area contributed by atoms with Gasteiger partial charge in [-0.2, -0.15) is 10.2 Å². The van der Waals surface area contributed by atoms with Crippen LogP contribution in [0, 0.1) is 6.92 Å². The highest BCUT2D eigenvalue weighted by Crippen LogP contribution is 2.27. The maximum absolute atomic E-state index is 13.0. The number of carbonyl (C=O) groups excluding carboxylic acids is 1. The van der Waals surface area contributed by atoms with Gasteiger partial charge in [0.1, 0.15) is 11.6 Å². The van der Waals surface area contributed by atoms with Gasteiger partial charge in [0.25, 0.3) is 5.91 Å². The number of anilines is 2. The molecule has 5 rings (SSSR count). The molecule has 170 valence electrons. The van der Waals surface area contributed by atoms with Crippen LogP contribution in [0.25, 0.3) is 16.9 Å². The molecule has 9 heteroatoms. The number of aromatic nitrogens is 5. The highest BCUT2D eigenvalue weighted by Gasteiger charge is 2.22. The van der Waals surface area contributed by atoms with E-state index in [4.69, 9.17) is 4.98 Å². The lowest BCUT2D eigenvalue weighted by Crippen LogP contribution is -2.18. The summed E-state index contributed by atoms with van der Waals surface area (Å²) in [6.45, 7) is 2.50. The lowest BCUT2D eigenvalue weighted by atomic mass is 10.2. The highest BCUT2D eigenvalue weighted by atomic mass is 16.3. The first-order valence-electron chi connectivity index (χ1n) is 10.7. The largest absolute Gasteiger partial charge is 0.508 e. The van der Waals surface area contributed by atoms with E-state index in [1.54, 1.807) is 35.1 Å². The standard InChI is InChI=1S/C25H23N7O2/c1-16-23(25(34)28-19-9-6-10-20(33)11-19)30-32-21(18-13-26-27-14-18)12-22(29-24(16)32)31(2)15-17-7-4-3-5-8-17/h3-14,33H,15H2,1-2H3,(H,26,27)(H,28,34). The van der Waals surface area contributed by atoms with Crippen molar-refractivity contribution in [3.8, 4) is 17.0 Å². The van der Waals surface area contributed by atoms with E-state index < -0.39 is 0 Å². The summed E-state index contributed by atoms with van der Waals surface area (Å²) >= 11 is 0. The fourth-order valence-corrected chi connectivity index (χ4v) is 3.83. The van der Waals surface area contributed by atoms with Crippen molar-refractivity contribution in [1.82, 2.24) is 24.8 Å². The van der Waals surface area contributed by atoms with E-state index in [9.17, 15) is 9.90 Å². The molecule has 0 radical (unpaired) electrons. The second-order valence-corrected chi connectivity index (χ2v) is 8.04. The second kappa shape index (κ2) is 8.70. The summed E-state index contributed by atoms with van der Waals surface area (Å²) in [5, 5.41) is 24.0. The molecule has 0 unspecified atom stereocenters. The van der Waals surface area contributed by atoms with Gasteiger partial charge in [-0.1, -0.05) is 36.4 Å². The van der Waals surface area contributed by atoms with Gasteiger partial charge in [0, 0.05) is 48.7 Å². The zero-order chi connectivity index (χ0) is 23.7. The zero-order valence-corrected chi connectivity index (χ0v) is 18.7. The third kappa shape index (κ3) is 4.06. The van der Waals surface area contributed by atoms with Gasteiger partial charge in [-0.15, -0.1) is 0 Å². The Labute approximate surface area is 195 Å². The lowest BCUT2D eigenvalue weighted by molar-refractivity contribution is 0.102. The van der Waals surface area contributed by atoms with Gasteiger partial charge >= 0.3 is 0 Å². The number of amides is 1. The number of nitrogens with one attached hydrogen (secondary N) is 2. The average molecular weight is 454 g/mol. The summed E-state index contributed by atoms with van der Waals surface area (Å²) in [6, 6.07) is 18.5. The number of H-pyrrole nitrogens is 1. The Morgan fingerprint density at radius 2 is 1.97 bits per heavy atom. The number of carbonyl (C=O) groups is 1. The molecule has 1 amide bonds.